The number of halogens is 1. The molecule has 0 unspecified atom stereocenters. The molecule has 0 bridgehead atoms. The van der Waals surface area contributed by atoms with Gasteiger partial charge in [0.25, 0.3) is 0 Å². The molecule has 0 aliphatic heterocycles. The van der Waals surface area contributed by atoms with Crippen molar-refractivity contribution in [2.45, 2.75) is 33.8 Å². The predicted molar refractivity (Wildman–Crippen MR) is 107 cm³/mol. The molecule has 2 aromatic carbocycles. The summed E-state index contributed by atoms with van der Waals surface area (Å²) in [5.74, 6) is -0.527. The van der Waals surface area contributed by atoms with Crippen LogP contribution in [-0.4, -0.2) is 22.7 Å². The Labute approximate surface area is 167 Å². The molecule has 0 fully saturated rings. The van der Waals surface area contributed by atoms with E-state index < -0.39 is 16.4 Å². The lowest BCUT2D eigenvalue weighted by Gasteiger charge is -2.18. The minimum Gasteiger partial charge on any atom is -0.475 e. The Morgan fingerprint density at radius 3 is 2.29 bits per heavy atom. The highest BCUT2D eigenvalue weighted by Crippen LogP contribution is 2.31. The summed E-state index contributed by atoms with van der Waals surface area (Å²) in [6, 6.07) is 10.3. The summed E-state index contributed by atoms with van der Waals surface area (Å²) in [5.41, 5.74) is 0.0769. The van der Waals surface area contributed by atoms with Gasteiger partial charge >= 0.3 is 5.69 Å². The molecule has 0 saturated heterocycles. The van der Waals surface area contributed by atoms with Crippen molar-refractivity contribution >= 4 is 34.7 Å². The summed E-state index contributed by atoms with van der Waals surface area (Å²) in [5, 5.41) is 14.1. The van der Waals surface area contributed by atoms with E-state index in [0.717, 1.165) is 0 Å². The first-order chi connectivity index (χ1) is 13.0. The first-order valence-corrected chi connectivity index (χ1v) is 8.93. The maximum Gasteiger partial charge on any atom is 0.312 e. The van der Waals surface area contributed by atoms with Crippen LogP contribution in [0, 0.1) is 15.5 Å². The molecule has 0 spiro atoms. The van der Waals surface area contributed by atoms with Gasteiger partial charge in [0.1, 0.15) is 0 Å². The molecule has 8 heteroatoms. The first kappa shape index (κ1) is 21.4. The van der Waals surface area contributed by atoms with Crippen LogP contribution in [0.3, 0.4) is 0 Å². The van der Waals surface area contributed by atoms with E-state index in [1.165, 1.54) is 25.1 Å². The highest BCUT2D eigenvalue weighted by Gasteiger charge is 2.23. The molecule has 2 rings (SSSR count). The molecule has 0 saturated carbocycles. The van der Waals surface area contributed by atoms with Gasteiger partial charge in [-0.05, 0) is 43.3 Å². The van der Waals surface area contributed by atoms with Gasteiger partial charge in [-0.1, -0.05) is 32.4 Å². The van der Waals surface area contributed by atoms with E-state index in [1.54, 1.807) is 45.0 Å². The normalized spacial score (nSPS) is 12.2. The third-order valence-electron chi connectivity index (χ3n) is 3.90. The van der Waals surface area contributed by atoms with Crippen LogP contribution >= 0.6 is 11.6 Å². The third-order valence-corrected chi connectivity index (χ3v) is 4.13. The largest absolute Gasteiger partial charge is 0.475 e. The Balaban J connectivity index is 2.12. The summed E-state index contributed by atoms with van der Waals surface area (Å²) in [6.07, 6.45) is -0.949. The molecule has 7 nitrogen and oxygen atoms in total. The standard InChI is InChI=1S/C20H21ClN2O5/c1-12(28-17-10-7-14(21)11-16(17)23(26)27)18(24)13-5-8-15(9-6-13)22-19(25)20(2,3)4/h5-12H,1-4H3,(H,22,25)/t12-/m0/s1. The number of hydrogen-bond donors (Lipinski definition) is 1. The molecule has 1 amide bonds. The fourth-order valence-corrected chi connectivity index (χ4v) is 2.41. The van der Waals surface area contributed by atoms with Crippen LogP contribution in [0.15, 0.2) is 42.5 Å². The number of carbonyl (C=O) groups excluding carboxylic acids is 2. The van der Waals surface area contributed by atoms with Gasteiger partial charge in [-0.15, -0.1) is 0 Å². The minimum absolute atomic E-state index is 0.0377. The van der Waals surface area contributed by atoms with Crippen molar-refractivity contribution in [1.29, 1.82) is 0 Å². The van der Waals surface area contributed by atoms with E-state index in [1.807, 2.05) is 0 Å². The predicted octanol–water partition coefficient (Wildman–Crippen LogP) is 4.88. The smallest absolute Gasteiger partial charge is 0.312 e. The van der Waals surface area contributed by atoms with Gasteiger partial charge in [0, 0.05) is 27.8 Å². The summed E-state index contributed by atoms with van der Waals surface area (Å²) < 4.78 is 5.50. The number of nitrogens with one attached hydrogen (secondary N) is 1. The second-order valence-corrected chi connectivity index (χ2v) is 7.71. The van der Waals surface area contributed by atoms with Gasteiger partial charge < -0.3 is 10.1 Å². The number of benzene rings is 2. The number of carbonyl (C=O) groups is 2. The number of nitro benzene ring substituents is 1. The van der Waals surface area contributed by atoms with E-state index >= 15 is 0 Å². The van der Waals surface area contributed by atoms with Gasteiger partial charge in [0.15, 0.2) is 11.9 Å². The number of Topliss-reactive ketones (excluding diaryl/α,β-unsaturated/α-hetero) is 1. The number of nitro groups is 1. The van der Waals surface area contributed by atoms with Gasteiger partial charge in [0.2, 0.25) is 11.7 Å². The fraction of sp³-hybridized carbons (Fsp3) is 0.300. The maximum atomic E-state index is 12.6. The molecular weight excluding hydrogens is 384 g/mol. The number of hydrogen-bond acceptors (Lipinski definition) is 5. The second kappa shape index (κ2) is 8.39. The topological polar surface area (TPSA) is 98.5 Å². The Morgan fingerprint density at radius 2 is 1.75 bits per heavy atom. The van der Waals surface area contributed by atoms with Crippen molar-refractivity contribution in [3.8, 4) is 5.75 Å². The Hall–Kier alpha value is -2.93. The van der Waals surface area contributed by atoms with Gasteiger partial charge in [-0.2, -0.15) is 0 Å². The van der Waals surface area contributed by atoms with Crippen LogP contribution in [0.1, 0.15) is 38.1 Å². The highest BCUT2D eigenvalue weighted by molar-refractivity contribution is 6.30. The molecule has 2 aromatic rings. The summed E-state index contributed by atoms with van der Waals surface area (Å²) in [6.45, 7) is 6.91. The second-order valence-electron chi connectivity index (χ2n) is 7.27. The molecule has 0 heterocycles. The van der Waals surface area contributed by atoms with Crippen LogP contribution in [0.2, 0.25) is 5.02 Å². The van der Waals surface area contributed by atoms with Crippen LogP contribution in [0.5, 0.6) is 5.75 Å². The average Bonchev–Trinajstić information content (AvgIpc) is 2.62. The zero-order valence-corrected chi connectivity index (χ0v) is 16.7. The number of anilines is 1. The average molecular weight is 405 g/mol. The van der Waals surface area contributed by atoms with Crippen LogP contribution in [0.4, 0.5) is 11.4 Å². The molecular formula is C20H21ClN2O5. The molecule has 148 valence electrons. The fourth-order valence-electron chi connectivity index (χ4n) is 2.25. The van der Waals surface area contributed by atoms with E-state index in [2.05, 4.69) is 5.32 Å². The Morgan fingerprint density at radius 1 is 1.14 bits per heavy atom. The third kappa shape index (κ3) is 5.29. The number of ether oxygens (including phenoxy) is 1. The van der Waals surface area contributed by atoms with Gasteiger partial charge in [0.05, 0.1) is 4.92 Å². The zero-order chi connectivity index (χ0) is 21.1. The lowest BCUT2D eigenvalue weighted by molar-refractivity contribution is -0.386. The number of nitrogens with zero attached hydrogens (tertiary/aromatic N) is 1. The molecule has 0 aliphatic carbocycles. The first-order valence-electron chi connectivity index (χ1n) is 8.55. The SMILES string of the molecule is C[C@H](Oc1ccc(Cl)cc1[N+](=O)[O-])C(=O)c1ccc(NC(=O)C(C)(C)C)cc1. The lowest BCUT2D eigenvalue weighted by atomic mass is 9.95. The molecule has 0 aromatic heterocycles. The van der Waals surface area contributed by atoms with Crippen LogP contribution in [-0.2, 0) is 4.79 Å². The summed E-state index contributed by atoms with van der Waals surface area (Å²) in [4.78, 5) is 35.1. The van der Waals surface area contributed by atoms with Gasteiger partial charge in [-0.3, -0.25) is 19.7 Å². The van der Waals surface area contributed by atoms with Crippen LogP contribution < -0.4 is 10.1 Å². The van der Waals surface area contributed by atoms with Crippen molar-refractivity contribution in [1.82, 2.24) is 0 Å². The molecule has 1 N–H and O–H groups in total. The van der Waals surface area contributed by atoms with E-state index in [4.69, 9.17) is 16.3 Å². The van der Waals surface area contributed by atoms with E-state index in [0.29, 0.717) is 11.3 Å². The number of ketones is 1. The maximum absolute atomic E-state index is 12.6. The van der Waals surface area contributed by atoms with Crippen molar-refractivity contribution in [3.63, 3.8) is 0 Å². The van der Waals surface area contributed by atoms with Crippen molar-refractivity contribution in [2.24, 2.45) is 5.41 Å². The number of amides is 1. The van der Waals surface area contributed by atoms with Crippen molar-refractivity contribution < 1.29 is 19.2 Å². The Bertz CT molecular complexity index is 904. The van der Waals surface area contributed by atoms with E-state index in [-0.39, 0.29) is 28.1 Å². The monoisotopic (exact) mass is 404 g/mol. The quantitative estimate of drug-likeness (QED) is 0.420. The molecule has 28 heavy (non-hydrogen) atoms. The van der Waals surface area contributed by atoms with Crippen molar-refractivity contribution in [3.05, 3.63) is 63.2 Å². The van der Waals surface area contributed by atoms with Gasteiger partial charge in [-0.25, -0.2) is 0 Å². The zero-order valence-electron chi connectivity index (χ0n) is 16.0. The van der Waals surface area contributed by atoms with Crippen molar-refractivity contribution in [2.75, 3.05) is 5.32 Å². The highest BCUT2D eigenvalue weighted by atomic mass is 35.5. The van der Waals surface area contributed by atoms with Crippen LogP contribution in [0.25, 0.3) is 0 Å². The molecule has 1 atom stereocenters. The summed E-state index contributed by atoms with van der Waals surface area (Å²) >= 11 is 5.78. The minimum atomic E-state index is -0.949. The molecule has 0 aliphatic rings. The number of rotatable bonds is 6. The summed E-state index contributed by atoms with van der Waals surface area (Å²) in [7, 11) is 0. The van der Waals surface area contributed by atoms with E-state index in [9.17, 15) is 19.7 Å². The lowest BCUT2D eigenvalue weighted by Crippen LogP contribution is -2.27. The Kier molecular flexibility index (Phi) is 6.41. The molecule has 0 radical (unpaired) electrons.